The number of ether oxygens (including phenoxy) is 3. The Kier molecular flexibility index (Phi) is 10.3. The van der Waals surface area contributed by atoms with Crippen LogP contribution in [0.3, 0.4) is 0 Å². The number of carbonyl (C=O) groups is 2. The smallest absolute Gasteiger partial charge is 0.366 e. The molecule has 12 nitrogen and oxygen atoms in total. The van der Waals surface area contributed by atoms with Crippen LogP contribution >= 0.6 is 0 Å². The highest BCUT2D eigenvalue weighted by Crippen LogP contribution is 2.30. The molecule has 0 amide bonds. The van der Waals surface area contributed by atoms with Crippen LogP contribution < -0.4 is 25.2 Å². The van der Waals surface area contributed by atoms with Crippen molar-refractivity contribution in [3.05, 3.63) is 53.1 Å². The van der Waals surface area contributed by atoms with Crippen LogP contribution in [0.15, 0.2) is 47.4 Å². The zero-order chi connectivity index (χ0) is 24.1. The van der Waals surface area contributed by atoms with E-state index in [1.807, 2.05) is 24.3 Å². The van der Waals surface area contributed by atoms with Gasteiger partial charge in [0, 0.05) is 25.7 Å². The number of carboxylic acids is 2. The summed E-state index contributed by atoms with van der Waals surface area (Å²) in [5.41, 5.74) is -0.421. The van der Waals surface area contributed by atoms with Gasteiger partial charge < -0.3 is 29.7 Å². The second-order valence-corrected chi connectivity index (χ2v) is 6.77. The Morgan fingerprint density at radius 3 is 2.58 bits per heavy atom. The molecule has 0 saturated heterocycles. The monoisotopic (exact) mass is 462 g/mol. The maximum Gasteiger partial charge on any atom is 0.366 e. The van der Waals surface area contributed by atoms with Gasteiger partial charge in [-0.05, 0) is 31.5 Å². The number of fused-ring (bicyclic) bond motifs is 1. The third-order valence-corrected chi connectivity index (χ3v) is 4.13. The number of carboxylic acid groups (broad SMARTS) is 2. The molecule has 1 aliphatic heterocycles. The van der Waals surface area contributed by atoms with Crippen molar-refractivity contribution < 1.29 is 34.0 Å². The van der Waals surface area contributed by atoms with Gasteiger partial charge in [-0.3, -0.25) is 0 Å². The minimum atomic E-state index is -1.26. The number of nitrogens with zero attached hydrogens (tertiary/aromatic N) is 3. The molecular weight excluding hydrogens is 436 g/mol. The molecule has 2 aromatic rings. The van der Waals surface area contributed by atoms with E-state index in [-0.39, 0.29) is 12.0 Å². The van der Waals surface area contributed by atoms with Gasteiger partial charge in [-0.25, -0.2) is 19.1 Å². The fraction of sp³-hybridized carbons (Fsp3) is 0.381. The fourth-order valence-corrected chi connectivity index (χ4v) is 2.55. The van der Waals surface area contributed by atoms with E-state index in [0.29, 0.717) is 25.4 Å². The molecule has 0 saturated carbocycles. The van der Waals surface area contributed by atoms with E-state index in [9.17, 15) is 14.4 Å². The van der Waals surface area contributed by atoms with Gasteiger partial charge in [0.25, 0.3) is 0 Å². The van der Waals surface area contributed by atoms with Gasteiger partial charge >= 0.3 is 17.6 Å². The van der Waals surface area contributed by atoms with Gasteiger partial charge in [-0.2, -0.15) is 10.1 Å². The van der Waals surface area contributed by atoms with E-state index >= 15 is 0 Å². The number of para-hydroxylation sites is 2. The normalized spacial score (nSPS) is 14.3. The Hall–Kier alpha value is -3.93. The highest BCUT2D eigenvalue weighted by atomic mass is 16.6. The lowest BCUT2D eigenvalue weighted by molar-refractivity contribution is -0.134. The Labute approximate surface area is 189 Å². The number of aliphatic carboxylic acids is 2. The molecule has 1 aromatic heterocycles. The molecule has 178 valence electrons. The molecule has 3 rings (SSSR count). The molecule has 0 spiro atoms. The van der Waals surface area contributed by atoms with Gasteiger partial charge in [0.2, 0.25) is 5.88 Å². The lowest BCUT2D eigenvalue weighted by Gasteiger charge is -2.26. The van der Waals surface area contributed by atoms with Crippen molar-refractivity contribution in [1.82, 2.24) is 20.1 Å². The average Bonchev–Trinajstić information content (AvgIpc) is 2.79. The summed E-state index contributed by atoms with van der Waals surface area (Å²) in [5, 5.41) is 22.8. The first-order chi connectivity index (χ1) is 15.8. The quantitative estimate of drug-likeness (QED) is 0.332. The zero-order valence-corrected chi connectivity index (χ0v) is 18.0. The molecule has 1 aromatic carbocycles. The van der Waals surface area contributed by atoms with Crippen LogP contribution in [-0.4, -0.2) is 69.3 Å². The second-order valence-electron chi connectivity index (χ2n) is 6.77. The maximum absolute atomic E-state index is 11.3. The molecule has 2 heterocycles. The largest absolute Gasteiger partial charge is 0.486 e. The van der Waals surface area contributed by atoms with Gasteiger partial charge in [-0.15, -0.1) is 0 Å². The highest BCUT2D eigenvalue weighted by molar-refractivity contribution is 5.89. The van der Waals surface area contributed by atoms with E-state index in [1.54, 1.807) is 7.05 Å². The van der Waals surface area contributed by atoms with E-state index in [2.05, 4.69) is 15.4 Å². The van der Waals surface area contributed by atoms with E-state index in [1.165, 1.54) is 6.20 Å². The Balaban J connectivity index is 0.000000414. The highest BCUT2D eigenvalue weighted by Gasteiger charge is 2.19. The van der Waals surface area contributed by atoms with Crippen molar-refractivity contribution >= 4 is 11.9 Å². The van der Waals surface area contributed by atoms with Crippen molar-refractivity contribution in [2.45, 2.75) is 18.9 Å². The number of hydrogen-bond donors (Lipinski definition) is 3. The number of nitrogens with one attached hydrogen (secondary N) is 1. The lowest BCUT2D eigenvalue weighted by atomic mass is 10.2. The van der Waals surface area contributed by atoms with Gasteiger partial charge in [0.05, 0.1) is 6.61 Å². The Morgan fingerprint density at radius 2 is 1.91 bits per heavy atom. The first kappa shape index (κ1) is 25.3. The number of aryl methyl sites for hydroxylation is 1. The summed E-state index contributed by atoms with van der Waals surface area (Å²) in [6.45, 7) is 2.64. The van der Waals surface area contributed by atoms with Crippen LogP contribution in [0.5, 0.6) is 17.4 Å². The molecule has 33 heavy (non-hydrogen) atoms. The van der Waals surface area contributed by atoms with Gasteiger partial charge in [0.1, 0.15) is 18.9 Å². The van der Waals surface area contributed by atoms with Crippen molar-refractivity contribution in [3.8, 4) is 17.4 Å². The molecule has 12 heteroatoms. The van der Waals surface area contributed by atoms with E-state index in [4.69, 9.17) is 24.4 Å². The first-order valence-electron chi connectivity index (χ1n) is 10.1. The summed E-state index contributed by atoms with van der Waals surface area (Å²) >= 11 is 0. The summed E-state index contributed by atoms with van der Waals surface area (Å²) in [5.74, 6) is -0.652. The number of unbranched alkanes of at least 4 members (excludes halogenated alkanes) is 1. The molecule has 1 aliphatic rings. The van der Waals surface area contributed by atoms with Crippen molar-refractivity contribution in [3.63, 3.8) is 0 Å². The second kappa shape index (κ2) is 13.5. The number of aromatic nitrogens is 3. The summed E-state index contributed by atoms with van der Waals surface area (Å²) < 4.78 is 18.1. The van der Waals surface area contributed by atoms with Crippen LogP contribution in [0.1, 0.15) is 12.8 Å². The number of rotatable bonds is 10. The number of hydrogen-bond acceptors (Lipinski definition) is 9. The Bertz CT molecular complexity index is 992. The van der Waals surface area contributed by atoms with Crippen LogP contribution in [0.25, 0.3) is 0 Å². The lowest BCUT2D eigenvalue weighted by Crippen LogP contribution is -2.38. The molecule has 1 atom stereocenters. The van der Waals surface area contributed by atoms with Gasteiger partial charge in [0.15, 0.2) is 11.5 Å². The molecule has 0 radical (unpaired) electrons. The van der Waals surface area contributed by atoms with E-state index in [0.717, 1.165) is 42.1 Å². The molecular formula is C21H26N4O8. The molecule has 0 bridgehead atoms. The summed E-state index contributed by atoms with van der Waals surface area (Å²) in [4.78, 5) is 34.2. The molecule has 0 fully saturated rings. The first-order valence-corrected chi connectivity index (χ1v) is 10.1. The number of benzene rings is 1. The van der Waals surface area contributed by atoms with Crippen LogP contribution in [0.2, 0.25) is 0 Å². The third-order valence-electron chi connectivity index (χ3n) is 4.13. The zero-order valence-electron chi connectivity index (χ0n) is 18.0. The van der Waals surface area contributed by atoms with Crippen LogP contribution in [0, 0.1) is 0 Å². The minimum Gasteiger partial charge on any atom is -0.486 e. The fourth-order valence-electron chi connectivity index (χ4n) is 2.55. The van der Waals surface area contributed by atoms with Crippen molar-refractivity contribution in [1.29, 1.82) is 0 Å². The summed E-state index contributed by atoms with van der Waals surface area (Å²) in [6.07, 6.45) is 4.38. The SMILES string of the molecule is Cn1ncc(OCCCCNC[C@@H]2COc3ccccc3O2)nc1=O.O=C(O)C=CC(=O)O. The standard InChI is InChI=1S/C17H22N4O4.C4H4O4/c1-21-17(22)20-16(11-19-21)23-9-5-4-8-18-10-13-12-24-14-6-2-3-7-15(14)25-13;5-3(6)1-2-4(7)8/h2-3,6-7,11,13,18H,4-5,8-10,12H2,1H3;1-2H,(H,5,6)(H,7,8)/t13-;/m1./s1. The molecule has 0 unspecified atom stereocenters. The van der Waals surface area contributed by atoms with Crippen LogP contribution in [0.4, 0.5) is 0 Å². The predicted octanol–water partition coefficient (Wildman–Crippen LogP) is 0.476. The minimum absolute atomic E-state index is 0.0157. The van der Waals surface area contributed by atoms with Crippen molar-refractivity contribution in [2.75, 3.05) is 26.3 Å². The average molecular weight is 462 g/mol. The molecule has 3 N–H and O–H groups in total. The predicted molar refractivity (Wildman–Crippen MR) is 116 cm³/mol. The topological polar surface area (TPSA) is 162 Å². The van der Waals surface area contributed by atoms with Gasteiger partial charge in [-0.1, -0.05) is 12.1 Å². The third kappa shape index (κ3) is 9.82. The Morgan fingerprint density at radius 1 is 1.21 bits per heavy atom. The summed E-state index contributed by atoms with van der Waals surface area (Å²) in [7, 11) is 1.55. The summed E-state index contributed by atoms with van der Waals surface area (Å²) in [6, 6.07) is 7.69. The van der Waals surface area contributed by atoms with Crippen molar-refractivity contribution in [2.24, 2.45) is 7.05 Å². The van der Waals surface area contributed by atoms with Crippen LogP contribution in [-0.2, 0) is 16.6 Å². The van der Waals surface area contributed by atoms with E-state index < -0.39 is 17.6 Å². The maximum atomic E-state index is 11.3. The molecule has 0 aliphatic carbocycles.